The molecule has 0 aliphatic carbocycles. The van der Waals surface area contributed by atoms with Crippen LogP contribution in [0.4, 0.5) is 10.1 Å². The van der Waals surface area contributed by atoms with E-state index in [-0.39, 0.29) is 5.82 Å². The molecule has 0 saturated heterocycles. The molecule has 0 bridgehead atoms. The third kappa shape index (κ3) is 1.79. The second kappa shape index (κ2) is 4.23. The lowest BCUT2D eigenvalue weighted by Gasteiger charge is -2.14. The van der Waals surface area contributed by atoms with Crippen molar-refractivity contribution in [3.05, 3.63) is 33.2 Å². The molecule has 0 aliphatic heterocycles. The average Bonchev–Trinajstić information content (AvgIpc) is 2.28. The summed E-state index contributed by atoms with van der Waals surface area (Å²) in [7, 11) is 0. The van der Waals surface area contributed by atoms with Gasteiger partial charge in [-0.2, -0.15) is 0 Å². The standard InChI is InChI=1S/C12H13BrFN3/c1-5-4-8(13)10(14)9-11(5)16-7(3)6(2)12(9)17-15/h4H,15H2,1-3H3,(H,16,17). The highest BCUT2D eigenvalue weighted by Crippen LogP contribution is 2.34. The molecule has 0 amide bonds. The molecule has 3 nitrogen and oxygen atoms in total. The lowest BCUT2D eigenvalue weighted by atomic mass is 10.0. The van der Waals surface area contributed by atoms with Crippen molar-refractivity contribution in [1.82, 2.24) is 4.98 Å². The summed E-state index contributed by atoms with van der Waals surface area (Å²) in [4.78, 5) is 4.43. The number of pyridine rings is 1. The Morgan fingerprint density at radius 1 is 1.35 bits per heavy atom. The summed E-state index contributed by atoms with van der Waals surface area (Å²) in [5.74, 6) is 5.16. The van der Waals surface area contributed by atoms with Gasteiger partial charge in [0.15, 0.2) is 0 Å². The molecule has 1 aromatic carbocycles. The van der Waals surface area contributed by atoms with Crippen molar-refractivity contribution in [1.29, 1.82) is 0 Å². The third-order valence-electron chi connectivity index (χ3n) is 2.97. The van der Waals surface area contributed by atoms with Gasteiger partial charge in [0, 0.05) is 5.69 Å². The summed E-state index contributed by atoms with van der Waals surface area (Å²) in [6.45, 7) is 5.65. The number of hydrazine groups is 1. The van der Waals surface area contributed by atoms with Crippen molar-refractivity contribution in [2.75, 3.05) is 5.43 Å². The Balaban J connectivity index is 3.06. The van der Waals surface area contributed by atoms with Crippen LogP contribution in [0.25, 0.3) is 10.9 Å². The number of anilines is 1. The van der Waals surface area contributed by atoms with Crippen LogP contribution in [0.2, 0.25) is 0 Å². The van der Waals surface area contributed by atoms with Crippen LogP contribution in [0.15, 0.2) is 10.5 Å². The van der Waals surface area contributed by atoms with E-state index in [1.807, 2.05) is 20.8 Å². The number of hydrogen-bond donors (Lipinski definition) is 2. The van der Waals surface area contributed by atoms with E-state index in [0.717, 1.165) is 16.8 Å². The van der Waals surface area contributed by atoms with Crippen molar-refractivity contribution in [2.24, 2.45) is 5.84 Å². The summed E-state index contributed by atoms with van der Waals surface area (Å²) in [5.41, 5.74) is 6.42. The summed E-state index contributed by atoms with van der Waals surface area (Å²) < 4.78 is 14.6. The molecular weight excluding hydrogens is 285 g/mol. The van der Waals surface area contributed by atoms with Gasteiger partial charge in [-0.15, -0.1) is 0 Å². The number of aromatic nitrogens is 1. The fraction of sp³-hybridized carbons (Fsp3) is 0.250. The summed E-state index contributed by atoms with van der Waals surface area (Å²) in [5, 5.41) is 0.433. The Labute approximate surface area is 107 Å². The van der Waals surface area contributed by atoms with E-state index in [1.54, 1.807) is 6.07 Å². The molecule has 0 spiro atoms. The summed E-state index contributed by atoms with van der Waals surface area (Å²) >= 11 is 3.20. The van der Waals surface area contributed by atoms with Crippen molar-refractivity contribution >= 4 is 32.5 Å². The normalized spacial score (nSPS) is 10.9. The maximum Gasteiger partial charge on any atom is 0.148 e. The zero-order chi connectivity index (χ0) is 12.7. The van der Waals surface area contributed by atoms with Crippen LogP contribution in [0.1, 0.15) is 16.8 Å². The zero-order valence-corrected chi connectivity index (χ0v) is 11.4. The van der Waals surface area contributed by atoms with E-state index < -0.39 is 0 Å². The highest BCUT2D eigenvalue weighted by Gasteiger charge is 2.16. The maximum absolute atomic E-state index is 14.2. The molecular formula is C12H13BrFN3. The lowest BCUT2D eigenvalue weighted by molar-refractivity contribution is 0.632. The van der Waals surface area contributed by atoms with Crippen molar-refractivity contribution < 1.29 is 4.39 Å². The van der Waals surface area contributed by atoms with Crippen LogP contribution in [0, 0.1) is 26.6 Å². The van der Waals surface area contributed by atoms with Gasteiger partial charge in [-0.05, 0) is 53.9 Å². The third-order valence-corrected chi connectivity index (χ3v) is 3.55. The molecule has 0 fully saturated rings. The van der Waals surface area contributed by atoms with Gasteiger partial charge in [0.2, 0.25) is 0 Å². The number of rotatable bonds is 1. The van der Waals surface area contributed by atoms with Gasteiger partial charge in [0.05, 0.1) is 21.1 Å². The first-order valence-corrected chi connectivity index (χ1v) is 5.98. The molecule has 0 aliphatic rings. The molecule has 0 atom stereocenters. The molecule has 90 valence electrons. The van der Waals surface area contributed by atoms with Gasteiger partial charge in [-0.25, -0.2) is 4.39 Å². The van der Waals surface area contributed by atoms with Gasteiger partial charge in [-0.1, -0.05) is 0 Å². The first-order valence-electron chi connectivity index (χ1n) is 5.19. The largest absolute Gasteiger partial charge is 0.323 e. The van der Waals surface area contributed by atoms with E-state index in [1.165, 1.54) is 0 Å². The predicted octanol–water partition coefficient (Wildman–Crippen LogP) is 3.35. The minimum absolute atomic E-state index is 0.339. The molecule has 3 N–H and O–H groups in total. The fourth-order valence-corrected chi connectivity index (χ4v) is 2.46. The van der Waals surface area contributed by atoms with Gasteiger partial charge >= 0.3 is 0 Å². The highest BCUT2D eigenvalue weighted by molar-refractivity contribution is 9.10. The average molecular weight is 298 g/mol. The van der Waals surface area contributed by atoms with Crippen LogP contribution >= 0.6 is 15.9 Å². The van der Waals surface area contributed by atoms with Gasteiger partial charge in [0.25, 0.3) is 0 Å². The Bertz CT molecular complexity index is 611. The molecule has 1 heterocycles. The van der Waals surface area contributed by atoms with Crippen LogP contribution in [0.5, 0.6) is 0 Å². The number of nitrogens with one attached hydrogen (secondary N) is 1. The van der Waals surface area contributed by atoms with E-state index in [9.17, 15) is 4.39 Å². The summed E-state index contributed by atoms with van der Waals surface area (Å²) in [6.07, 6.45) is 0. The number of nitrogens with zero attached hydrogens (tertiary/aromatic N) is 1. The van der Waals surface area contributed by atoms with Crippen LogP contribution in [-0.4, -0.2) is 4.98 Å². The van der Waals surface area contributed by atoms with Crippen molar-refractivity contribution in [3.8, 4) is 0 Å². The molecule has 0 saturated carbocycles. The van der Waals surface area contributed by atoms with Gasteiger partial charge in [0.1, 0.15) is 5.82 Å². The Morgan fingerprint density at radius 2 is 2.00 bits per heavy atom. The Hall–Kier alpha value is -1.20. The number of aryl methyl sites for hydroxylation is 2. The Kier molecular flexibility index (Phi) is 3.05. The molecule has 5 heteroatoms. The number of hydrogen-bond acceptors (Lipinski definition) is 3. The lowest BCUT2D eigenvalue weighted by Crippen LogP contribution is -2.11. The van der Waals surface area contributed by atoms with Crippen molar-refractivity contribution in [3.63, 3.8) is 0 Å². The number of nitrogen functional groups attached to an aromatic ring is 1. The smallest absolute Gasteiger partial charge is 0.148 e. The van der Waals surface area contributed by atoms with Crippen LogP contribution in [-0.2, 0) is 0 Å². The van der Waals surface area contributed by atoms with E-state index in [4.69, 9.17) is 5.84 Å². The van der Waals surface area contributed by atoms with Gasteiger partial charge in [-0.3, -0.25) is 10.8 Å². The highest BCUT2D eigenvalue weighted by atomic mass is 79.9. The predicted molar refractivity (Wildman–Crippen MR) is 71.4 cm³/mol. The molecule has 0 unspecified atom stereocenters. The van der Waals surface area contributed by atoms with Crippen LogP contribution in [0.3, 0.4) is 0 Å². The topological polar surface area (TPSA) is 50.9 Å². The SMILES string of the molecule is Cc1nc2c(C)cc(Br)c(F)c2c(NN)c1C. The molecule has 1 aromatic heterocycles. The molecule has 2 rings (SSSR count). The number of benzene rings is 1. The van der Waals surface area contributed by atoms with Crippen LogP contribution < -0.4 is 11.3 Å². The van der Waals surface area contributed by atoms with E-state index in [2.05, 4.69) is 26.3 Å². The minimum Gasteiger partial charge on any atom is -0.323 e. The zero-order valence-electron chi connectivity index (χ0n) is 9.86. The minimum atomic E-state index is -0.339. The summed E-state index contributed by atoms with van der Waals surface area (Å²) in [6, 6.07) is 1.72. The quantitative estimate of drug-likeness (QED) is 0.627. The first-order chi connectivity index (χ1) is 7.97. The molecule has 17 heavy (non-hydrogen) atoms. The Morgan fingerprint density at radius 3 is 2.59 bits per heavy atom. The van der Waals surface area contributed by atoms with Crippen molar-refractivity contribution in [2.45, 2.75) is 20.8 Å². The number of halogens is 2. The molecule has 2 aromatic rings. The van der Waals surface area contributed by atoms with E-state index in [0.29, 0.717) is 21.1 Å². The second-order valence-electron chi connectivity index (χ2n) is 4.05. The maximum atomic E-state index is 14.2. The molecule has 0 radical (unpaired) electrons. The first kappa shape index (κ1) is 12.3. The fourth-order valence-electron chi connectivity index (χ4n) is 1.91. The monoisotopic (exact) mass is 297 g/mol. The van der Waals surface area contributed by atoms with Gasteiger partial charge < -0.3 is 5.43 Å². The number of nitrogens with two attached hydrogens (primary N) is 1. The second-order valence-corrected chi connectivity index (χ2v) is 4.91. The van der Waals surface area contributed by atoms with E-state index >= 15 is 0 Å². The number of fused-ring (bicyclic) bond motifs is 1.